The van der Waals surface area contributed by atoms with Crippen molar-refractivity contribution >= 4 is 47.0 Å². The molecule has 2 atom stereocenters. The molecule has 0 spiro atoms. The zero-order valence-corrected chi connectivity index (χ0v) is 26.8. The number of rotatable bonds is 7. The third-order valence-corrected chi connectivity index (χ3v) is 13.4. The van der Waals surface area contributed by atoms with Gasteiger partial charge >= 0.3 is 166 Å². The normalized spacial score (nSPS) is 21.3. The minimum atomic E-state index is -0.0404. The molecule has 5 rings (SSSR count). The number of likely N-dealkylation sites (tertiary alicyclic amines) is 2. The first-order chi connectivity index (χ1) is 18.5. The van der Waals surface area contributed by atoms with Gasteiger partial charge in [0.1, 0.15) is 0 Å². The van der Waals surface area contributed by atoms with Crippen LogP contribution < -0.4 is 17.2 Å². The molecule has 1 amide bonds. The Kier molecular flexibility index (Phi) is 9.83. The predicted molar refractivity (Wildman–Crippen MR) is 158 cm³/mol. The zero-order valence-electron chi connectivity index (χ0n) is 21.8. The van der Waals surface area contributed by atoms with Crippen molar-refractivity contribution in [2.45, 2.75) is 45.1 Å². The molecule has 8 heteroatoms. The van der Waals surface area contributed by atoms with Gasteiger partial charge < -0.3 is 4.90 Å². The van der Waals surface area contributed by atoms with Gasteiger partial charge in [-0.2, -0.15) is 0 Å². The number of halogens is 3. The summed E-state index contributed by atoms with van der Waals surface area (Å²) >= 11 is 8.91. The van der Waals surface area contributed by atoms with Crippen LogP contribution in [-0.4, -0.2) is 64.6 Å². The van der Waals surface area contributed by atoms with Crippen molar-refractivity contribution in [3.63, 3.8) is 0 Å². The van der Waals surface area contributed by atoms with Crippen molar-refractivity contribution in [3.8, 4) is 0 Å². The van der Waals surface area contributed by atoms with Crippen LogP contribution in [0.3, 0.4) is 0 Å². The Morgan fingerprint density at radius 3 is 2.63 bits per heavy atom. The Labute approximate surface area is 250 Å². The molecule has 204 valence electrons. The van der Waals surface area contributed by atoms with E-state index < -0.39 is 0 Å². The van der Waals surface area contributed by atoms with Crippen LogP contribution in [0, 0.1) is 15.4 Å². The first kappa shape index (κ1) is 28.5. The molecule has 0 aliphatic carbocycles. The van der Waals surface area contributed by atoms with E-state index in [0.29, 0.717) is 12.0 Å². The van der Waals surface area contributed by atoms with Gasteiger partial charge in [-0.25, -0.2) is 0 Å². The number of nitrogens with zero attached hydrogens (tertiary/aromatic N) is 3. The summed E-state index contributed by atoms with van der Waals surface area (Å²) in [4.78, 5) is 22.9. The average molecular weight is 759 g/mol. The fourth-order valence-electron chi connectivity index (χ4n) is 6.24. The molecule has 3 heterocycles. The van der Waals surface area contributed by atoms with E-state index in [1.165, 1.54) is 9.13 Å². The number of aryl methyl sites for hydroxylation is 1. The van der Waals surface area contributed by atoms with E-state index in [1.807, 2.05) is 35.4 Å². The van der Waals surface area contributed by atoms with Crippen molar-refractivity contribution in [2.24, 2.45) is 11.8 Å². The van der Waals surface area contributed by atoms with E-state index in [2.05, 4.69) is 53.6 Å². The first-order valence-electron chi connectivity index (χ1n) is 13.6. The molecule has 2 aliphatic rings. The first-order valence-corrected chi connectivity index (χ1v) is 21.3. The molecule has 0 radical (unpaired) electrons. The van der Waals surface area contributed by atoms with E-state index in [1.54, 1.807) is 0 Å². The second-order valence-electron chi connectivity index (χ2n) is 10.6. The van der Waals surface area contributed by atoms with Crippen molar-refractivity contribution < 1.29 is 27.1 Å². The number of para-hydroxylation sites is 1. The summed E-state index contributed by atoms with van der Waals surface area (Å²) < 4.78 is 1.29. The molecule has 0 saturated carbocycles. The van der Waals surface area contributed by atoms with Crippen molar-refractivity contribution in [2.75, 3.05) is 32.8 Å². The number of carbonyl (C=O) groups is 1. The molecular formula is C30H35ClI2N3O2-. The average Bonchev–Trinajstić information content (AvgIpc) is 2.96. The third kappa shape index (κ3) is 6.16. The van der Waals surface area contributed by atoms with Gasteiger partial charge in [-0.05, 0) is 18.1 Å². The summed E-state index contributed by atoms with van der Waals surface area (Å²) in [7, 11) is 0. The fourth-order valence-corrected chi connectivity index (χ4v) is 10.5. The number of hydrogen-bond donors (Lipinski definition) is 1. The number of aromatic nitrogens is 1. The van der Waals surface area contributed by atoms with E-state index >= 15 is 0 Å². The van der Waals surface area contributed by atoms with Gasteiger partial charge in [-0.15, -0.1) is 0 Å². The Bertz CT molecular complexity index is 1280. The van der Waals surface area contributed by atoms with E-state index in [9.17, 15) is 9.90 Å². The summed E-state index contributed by atoms with van der Waals surface area (Å²) in [6, 6.07) is 15.0. The summed E-state index contributed by atoms with van der Waals surface area (Å²) in [5.74, 6) is 0.885. The number of pyridine rings is 1. The van der Waals surface area contributed by atoms with Crippen molar-refractivity contribution in [1.82, 2.24) is 14.8 Å². The predicted octanol–water partition coefficient (Wildman–Crippen LogP) is 2.84. The van der Waals surface area contributed by atoms with Crippen LogP contribution in [0.25, 0.3) is 10.9 Å². The van der Waals surface area contributed by atoms with Gasteiger partial charge in [0, 0.05) is 11.6 Å². The maximum atomic E-state index is 13.7. The van der Waals surface area contributed by atoms with E-state index in [0.717, 1.165) is 85.3 Å². The zero-order chi connectivity index (χ0) is 26.6. The monoisotopic (exact) mass is 758 g/mol. The quantitative estimate of drug-likeness (QED) is 0.377. The number of piperidine rings is 2. The second kappa shape index (κ2) is 13.1. The Morgan fingerprint density at radius 2 is 1.92 bits per heavy atom. The number of hydrogen-bond acceptors (Lipinski definition) is 4. The number of carbonyl (C=O) groups excluding carboxylic acids is 1. The molecule has 3 aromatic rings. The molecule has 2 saturated heterocycles. The van der Waals surface area contributed by atoms with Crippen LogP contribution in [-0.2, 0) is 12.8 Å². The Hall–Kier alpha value is -1.01. The van der Waals surface area contributed by atoms with Crippen LogP contribution in [0.15, 0.2) is 48.7 Å². The summed E-state index contributed by atoms with van der Waals surface area (Å²) in [6.07, 6.45) is 6.69. The topological polar surface area (TPSA) is 56.7 Å². The van der Waals surface area contributed by atoms with Crippen LogP contribution in [0.2, 0.25) is 5.02 Å². The van der Waals surface area contributed by atoms with Crippen molar-refractivity contribution in [1.29, 1.82) is 0 Å². The summed E-state index contributed by atoms with van der Waals surface area (Å²) in [5.41, 5.74) is 4.01. The standard InChI is InChI=1S/C30H35ClI2N3O2/c1-2-21-17-34-28-6-4-3-5-25(28)29(21)30(38)35-13-10-24(11-14-35)36-12-9-22(23(18-36)19-37)15-20-7-8-27(33-32)26(31)16-20/h3-8,16-17,22-24,37H,2,9-15,18-19H2,1H3/q-1/t22?,23-/m0/s1. The number of aliphatic hydroxyl groups is 1. The number of benzene rings is 2. The molecule has 5 nitrogen and oxygen atoms in total. The molecular weight excluding hydrogens is 724 g/mol. The maximum absolute atomic E-state index is 13.7. The van der Waals surface area contributed by atoms with Crippen LogP contribution in [0.5, 0.6) is 0 Å². The summed E-state index contributed by atoms with van der Waals surface area (Å²) in [5, 5.41) is 12.1. The third-order valence-electron chi connectivity index (χ3n) is 8.43. The van der Waals surface area contributed by atoms with Crippen LogP contribution in [0.4, 0.5) is 0 Å². The molecule has 0 bridgehead atoms. The van der Waals surface area contributed by atoms with Gasteiger partial charge in [0.2, 0.25) is 0 Å². The number of amides is 1. The summed E-state index contributed by atoms with van der Waals surface area (Å²) in [6.45, 7) is 5.85. The van der Waals surface area contributed by atoms with E-state index in [4.69, 9.17) is 11.6 Å². The fraction of sp³-hybridized carbons (Fsp3) is 0.467. The van der Waals surface area contributed by atoms with Gasteiger partial charge in [0.15, 0.2) is 0 Å². The van der Waals surface area contributed by atoms with Crippen molar-refractivity contribution in [3.05, 3.63) is 73.9 Å². The van der Waals surface area contributed by atoms with Crippen LogP contribution >= 0.6 is 30.2 Å². The van der Waals surface area contributed by atoms with Crippen LogP contribution in [0.1, 0.15) is 47.7 Å². The molecule has 2 fully saturated rings. The molecule has 2 aliphatic heterocycles. The molecule has 2 aromatic carbocycles. The Balaban J connectivity index is 1.20. The number of aliphatic hydroxyl groups excluding tert-OH is 1. The second-order valence-corrected chi connectivity index (χ2v) is 15.3. The molecule has 1 aromatic heterocycles. The molecule has 1 N–H and O–H groups in total. The van der Waals surface area contributed by atoms with Gasteiger partial charge in [-0.1, -0.05) is 25.1 Å². The SMILES string of the molecule is CCc1cnc2ccccc2c1C(=O)N1CCC(N2CCC(Cc3ccc([I-]I)c(Cl)c3)[C@H](CO)C2)CC1. The van der Waals surface area contributed by atoms with Gasteiger partial charge in [-0.3, -0.25) is 9.78 Å². The molecule has 1 unspecified atom stereocenters. The molecule has 38 heavy (non-hydrogen) atoms. The van der Waals surface area contributed by atoms with Gasteiger partial charge in [0.25, 0.3) is 5.91 Å². The van der Waals surface area contributed by atoms with E-state index in [-0.39, 0.29) is 35.7 Å². The number of fused-ring (bicyclic) bond motifs is 1. The Morgan fingerprint density at radius 1 is 1.13 bits per heavy atom. The van der Waals surface area contributed by atoms with Gasteiger partial charge in [0.05, 0.1) is 11.1 Å². The minimum absolute atomic E-state index is 0.0404.